The van der Waals surface area contributed by atoms with E-state index in [4.69, 9.17) is 5.73 Å². The van der Waals surface area contributed by atoms with Crippen LogP contribution >= 0.6 is 0 Å². The summed E-state index contributed by atoms with van der Waals surface area (Å²) in [5.74, 6) is -1.20. The van der Waals surface area contributed by atoms with Gasteiger partial charge in [0.1, 0.15) is 5.82 Å². The number of halogens is 4. The zero-order valence-electron chi connectivity index (χ0n) is 20.1. The Bertz CT molecular complexity index is 1460. The standard InChI is InChI=1S/C28H26F4N4O/c1-36-25-12-9-19(14-24(25)35-27(36)33)17-7-5-16(6-8-17)18-3-2-4-20(13-18)26(37)34-23-11-10-21(15-22(23)29)28(30,31)32/h5-12,14-15,18,20H,2-4,13H2,1H3,(H2,33,35)(H,34,37). The molecular weight excluding hydrogens is 484 g/mol. The van der Waals surface area contributed by atoms with Gasteiger partial charge < -0.3 is 15.6 Å². The van der Waals surface area contributed by atoms with Crippen molar-refractivity contribution < 1.29 is 22.4 Å². The van der Waals surface area contributed by atoms with Gasteiger partial charge in [-0.3, -0.25) is 4.79 Å². The van der Waals surface area contributed by atoms with Gasteiger partial charge in [-0.25, -0.2) is 9.37 Å². The third kappa shape index (κ3) is 5.03. The van der Waals surface area contributed by atoms with Gasteiger partial charge in [0.25, 0.3) is 0 Å². The highest BCUT2D eigenvalue weighted by Gasteiger charge is 2.32. The largest absolute Gasteiger partial charge is 0.416 e. The van der Waals surface area contributed by atoms with Crippen molar-refractivity contribution in [1.82, 2.24) is 9.55 Å². The summed E-state index contributed by atoms with van der Waals surface area (Å²) < 4.78 is 54.4. The fourth-order valence-corrected chi connectivity index (χ4v) is 5.10. The summed E-state index contributed by atoms with van der Waals surface area (Å²) >= 11 is 0. The van der Waals surface area contributed by atoms with Crippen LogP contribution in [0.15, 0.2) is 60.7 Å². The number of hydrogen-bond acceptors (Lipinski definition) is 3. The fourth-order valence-electron chi connectivity index (χ4n) is 5.10. The van der Waals surface area contributed by atoms with Crippen molar-refractivity contribution in [2.24, 2.45) is 13.0 Å². The summed E-state index contributed by atoms with van der Waals surface area (Å²) in [5, 5.41) is 2.48. The molecule has 2 unspecified atom stereocenters. The van der Waals surface area contributed by atoms with Crippen molar-refractivity contribution in [3.63, 3.8) is 0 Å². The first-order valence-electron chi connectivity index (χ1n) is 12.1. The number of nitrogens with two attached hydrogens (primary N) is 1. The number of nitrogens with one attached hydrogen (secondary N) is 1. The molecule has 3 aromatic carbocycles. The normalized spacial score (nSPS) is 18.2. The second kappa shape index (κ2) is 9.53. The van der Waals surface area contributed by atoms with Crippen LogP contribution in [-0.4, -0.2) is 15.5 Å². The number of rotatable bonds is 4. The molecule has 0 aliphatic heterocycles. The summed E-state index contributed by atoms with van der Waals surface area (Å²) in [5.41, 5.74) is 9.55. The highest BCUT2D eigenvalue weighted by molar-refractivity contribution is 5.92. The zero-order chi connectivity index (χ0) is 26.3. The number of anilines is 2. The Hall–Kier alpha value is -3.88. The van der Waals surface area contributed by atoms with E-state index in [0.717, 1.165) is 52.7 Å². The zero-order valence-corrected chi connectivity index (χ0v) is 20.1. The second-order valence-corrected chi connectivity index (χ2v) is 9.60. The molecule has 5 nitrogen and oxygen atoms in total. The van der Waals surface area contributed by atoms with E-state index in [-0.39, 0.29) is 23.4 Å². The number of carbonyl (C=O) groups is 1. The van der Waals surface area contributed by atoms with Crippen molar-refractivity contribution in [3.05, 3.63) is 77.6 Å². The number of nitrogens with zero attached hydrogens (tertiary/aromatic N) is 2. The number of benzene rings is 3. The molecule has 0 saturated heterocycles. The summed E-state index contributed by atoms with van der Waals surface area (Å²) in [6.07, 6.45) is -1.65. The highest BCUT2D eigenvalue weighted by atomic mass is 19.4. The van der Waals surface area contributed by atoms with Crippen molar-refractivity contribution in [2.45, 2.75) is 37.8 Å². The van der Waals surface area contributed by atoms with Crippen molar-refractivity contribution in [3.8, 4) is 11.1 Å². The molecule has 1 fully saturated rings. The molecule has 1 saturated carbocycles. The predicted molar refractivity (Wildman–Crippen MR) is 135 cm³/mol. The first kappa shape index (κ1) is 24.8. The molecular formula is C28H26F4N4O. The summed E-state index contributed by atoms with van der Waals surface area (Å²) in [6.45, 7) is 0. The number of carbonyl (C=O) groups excluding carboxylic acids is 1. The Labute approximate surface area is 211 Å². The second-order valence-electron chi connectivity index (χ2n) is 9.60. The molecule has 192 valence electrons. The van der Waals surface area contributed by atoms with Crippen LogP contribution in [0.1, 0.15) is 42.7 Å². The van der Waals surface area contributed by atoms with E-state index in [9.17, 15) is 22.4 Å². The quantitative estimate of drug-likeness (QED) is 0.294. The Morgan fingerprint density at radius 1 is 1.03 bits per heavy atom. The summed E-state index contributed by atoms with van der Waals surface area (Å²) in [4.78, 5) is 17.2. The number of fused-ring (bicyclic) bond motifs is 1. The Balaban J connectivity index is 1.27. The lowest BCUT2D eigenvalue weighted by Crippen LogP contribution is -2.28. The maximum absolute atomic E-state index is 14.2. The lowest BCUT2D eigenvalue weighted by Gasteiger charge is -2.29. The number of nitrogen functional groups attached to an aromatic ring is 1. The predicted octanol–water partition coefficient (Wildman–Crippen LogP) is 6.89. The molecule has 0 radical (unpaired) electrons. The Morgan fingerprint density at radius 2 is 1.76 bits per heavy atom. The molecule has 0 bridgehead atoms. The minimum Gasteiger partial charge on any atom is -0.369 e. The SMILES string of the molecule is Cn1c(N)nc2cc(-c3ccc(C4CCCC(C(=O)Nc5ccc(C(F)(F)F)cc5F)C4)cc3)ccc21. The van der Waals surface area contributed by atoms with Crippen LogP contribution in [0.3, 0.4) is 0 Å². The molecule has 2 atom stereocenters. The van der Waals surface area contributed by atoms with Crippen molar-refractivity contribution in [1.29, 1.82) is 0 Å². The smallest absolute Gasteiger partial charge is 0.369 e. The van der Waals surface area contributed by atoms with E-state index in [1.54, 1.807) is 0 Å². The molecule has 1 aliphatic rings. The number of hydrogen-bond donors (Lipinski definition) is 2. The van der Waals surface area contributed by atoms with E-state index in [1.807, 2.05) is 41.9 Å². The van der Waals surface area contributed by atoms with Gasteiger partial charge in [-0.2, -0.15) is 13.2 Å². The average Bonchev–Trinajstić information content (AvgIpc) is 3.17. The van der Waals surface area contributed by atoms with Crippen LogP contribution < -0.4 is 11.1 Å². The summed E-state index contributed by atoms with van der Waals surface area (Å²) in [7, 11) is 1.87. The number of aromatic nitrogens is 2. The number of alkyl halides is 3. The topological polar surface area (TPSA) is 72.9 Å². The van der Waals surface area contributed by atoms with Crippen LogP contribution in [0.2, 0.25) is 0 Å². The molecule has 1 aromatic heterocycles. The fraction of sp³-hybridized carbons (Fsp3) is 0.286. The van der Waals surface area contributed by atoms with Gasteiger partial charge in [-0.15, -0.1) is 0 Å². The molecule has 4 aromatic rings. The molecule has 1 amide bonds. The summed E-state index contributed by atoms with van der Waals surface area (Å²) in [6, 6.07) is 16.4. The number of imidazole rings is 1. The van der Waals surface area contributed by atoms with E-state index >= 15 is 0 Å². The minimum absolute atomic E-state index is 0.161. The molecule has 1 aliphatic carbocycles. The maximum Gasteiger partial charge on any atom is 0.416 e. The lowest BCUT2D eigenvalue weighted by molar-refractivity contribution is -0.137. The Morgan fingerprint density at radius 3 is 2.46 bits per heavy atom. The van der Waals surface area contributed by atoms with Gasteiger partial charge in [0.2, 0.25) is 11.9 Å². The first-order chi connectivity index (χ1) is 17.6. The molecule has 0 spiro atoms. The van der Waals surface area contributed by atoms with Crippen LogP contribution in [0.5, 0.6) is 0 Å². The number of aryl methyl sites for hydroxylation is 1. The average molecular weight is 511 g/mol. The lowest BCUT2D eigenvalue weighted by atomic mass is 9.77. The minimum atomic E-state index is -4.64. The monoisotopic (exact) mass is 510 g/mol. The highest BCUT2D eigenvalue weighted by Crippen LogP contribution is 2.38. The van der Waals surface area contributed by atoms with Gasteiger partial charge in [0, 0.05) is 13.0 Å². The van der Waals surface area contributed by atoms with E-state index in [1.165, 1.54) is 0 Å². The molecule has 37 heavy (non-hydrogen) atoms. The van der Waals surface area contributed by atoms with Crippen LogP contribution in [-0.2, 0) is 18.0 Å². The first-order valence-corrected chi connectivity index (χ1v) is 12.1. The van der Waals surface area contributed by atoms with Crippen LogP contribution in [0.4, 0.5) is 29.2 Å². The van der Waals surface area contributed by atoms with E-state index in [0.29, 0.717) is 24.9 Å². The number of amides is 1. The van der Waals surface area contributed by atoms with Gasteiger partial charge >= 0.3 is 6.18 Å². The Kier molecular flexibility index (Phi) is 6.39. The maximum atomic E-state index is 14.2. The van der Waals surface area contributed by atoms with Crippen LogP contribution in [0.25, 0.3) is 22.2 Å². The van der Waals surface area contributed by atoms with E-state index < -0.39 is 17.6 Å². The molecule has 9 heteroatoms. The molecule has 1 heterocycles. The van der Waals surface area contributed by atoms with Gasteiger partial charge in [-0.1, -0.05) is 36.8 Å². The third-order valence-electron chi connectivity index (χ3n) is 7.23. The van der Waals surface area contributed by atoms with Crippen molar-refractivity contribution >= 4 is 28.6 Å². The molecule has 3 N–H and O–H groups in total. The third-order valence-corrected chi connectivity index (χ3v) is 7.23. The molecule has 5 rings (SSSR count). The van der Waals surface area contributed by atoms with Gasteiger partial charge in [0.15, 0.2) is 0 Å². The van der Waals surface area contributed by atoms with Crippen LogP contribution in [0, 0.1) is 11.7 Å². The van der Waals surface area contributed by atoms with Gasteiger partial charge in [0.05, 0.1) is 22.3 Å². The van der Waals surface area contributed by atoms with Gasteiger partial charge in [-0.05, 0) is 72.2 Å². The van der Waals surface area contributed by atoms with Crippen molar-refractivity contribution in [2.75, 3.05) is 11.1 Å². The van der Waals surface area contributed by atoms with E-state index in [2.05, 4.69) is 22.4 Å².